The van der Waals surface area contributed by atoms with Gasteiger partial charge in [-0.3, -0.25) is 9.59 Å². The van der Waals surface area contributed by atoms with E-state index in [0.717, 1.165) is 12.1 Å². The van der Waals surface area contributed by atoms with Crippen LogP contribution in [0.1, 0.15) is 16.8 Å². The van der Waals surface area contributed by atoms with E-state index in [-0.39, 0.29) is 15.6 Å². The minimum absolute atomic E-state index is 0.00958. The van der Waals surface area contributed by atoms with Crippen LogP contribution in [0.2, 0.25) is 10.0 Å². The van der Waals surface area contributed by atoms with Gasteiger partial charge in [0.05, 0.1) is 6.42 Å². The number of Topliss-reactive ketones (excluding diaryl/α,β-unsaturated/α-hetero) is 2. The first-order chi connectivity index (χ1) is 9.45. The highest BCUT2D eigenvalue weighted by atomic mass is 35.5. The smallest absolute Gasteiger partial charge is 0.295 e. The molecule has 0 aliphatic heterocycles. The zero-order valence-corrected chi connectivity index (χ0v) is 11.4. The third-order valence-corrected chi connectivity index (χ3v) is 3.52. The van der Waals surface area contributed by atoms with Gasteiger partial charge in [-0.05, 0) is 18.2 Å². The van der Waals surface area contributed by atoms with Crippen LogP contribution >= 0.6 is 23.2 Å². The molecule has 1 aliphatic rings. The van der Waals surface area contributed by atoms with Crippen molar-refractivity contribution in [3.63, 3.8) is 0 Å². The van der Waals surface area contributed by atoms with Crippen LogP contribution in [-0.4, -0.2) is 29.1 Å². The van der Waals surface area contributed by atoms with Crippen molar-refractivity contribution in [2.45, 2.75) is 23.9 Å². The van der Waals surface area contributed by atoms with Crippen molar-refractivity contribution in [1.29, 1.82) is 0 Å². The fourth-order valence-electron chi connectivity index (χ4n) is 1.82. The second kappa shape index (κ2) is 4.64. The van der Waals surface area contributed by atoms with E-state index in [0.29, 0.717) is 0 Å². The van der Waals surface area contributed by atoms with Crippen molar-refractivity contribution in [2.75, 3.05) is 0 Å². The molecule has 0 heterocycles. The summed E-state index contributed by atoms with van der Waals surface area (Å²) in [6, 6.07) is 3.36. The van der Waals surface area contributed by atoms with Crippen LogP contribution in [0.15, 0.2) is 18.2 Å². The van der Waals surface area contributed by atoms with E-state index in [2.05, 4.69) is 0 Å². The Balaban J connectivity index is 2.20. The first-order valence-electron chi connectivity index (χ1n) is 5.42. The van der Waals surface area contributed by atoms with E-state index < -0.39 is 35.5 Å². The quantitative estimate of drug-likeness (QED) is 0.466. The van der Waals surface area contributed by atoms with Gasteiger partial charge in [-0.2, -0.15) is 17.6 Å². The molecule has 0 bridgehead atoms. The molecule has 0 unspecified atom stereocenters. The van der Waals surface area contributed by atoms with Gasteiger partial charge in [-0.1, -0.05) is 23.2 Å². The molecule has 21 heavy (non-hydrogen) atoms. The molecule has 2 rings (SSSR count). The van der Waals surface area contributed by atoms with Crippen molar-refractivity contribution in [3.8, 4) is 0 Å². The Morgan fingerprint density at radius 3 is 1.71 bits per heavy atom. The van der Waals surface area contributed by atoms with Gasteiger partial charge in [0.2, 0.25) is 0 Å². The first kappa shape index (κ1) is 16.2. The number of rotatable bonds is 4. The molecular weight excluding hydrogens is 342 g/mol. The lowest BCUT2D eigenvalue weighted by molar-refractivity contribution is -0.129. The Morgan fingerprint density at radius 2 is 1.33 bits per heavy atom. The minimum atomic E-state index is -5.11. The molecule has 1 saturated carbocycles. The maximum Gasteiger partial charge on any atom is 0.360 e. The molecule has 0 spiro atoms. The molecular formula is C12H5Cl2F5O2. The van der Waals surface area contributed by atoms with Gasteiger partial charge in [-0.25, -0.2) is 4.39 Å². The van der Waals surface area contributed by atoms with Gasteiger partial charge in [0.15, 0.2) is 11.6 Å². The zero-order chi connectivity index (χ0) is 16.2. The lowest BCUT2D eigenvalue weighted by Crippen LogP contribution is -2.29. The van der Waals surface area contributed by atoms with Crippen LogP contribution in [0.25, 0.3) is 0 Å². The van der Waals surface area contributed by atoms with Crippen LogP contribution in [0.5, 0.6) is 0 Å². The van der Waals surface area contributed by atoms with E-state index in [1.165, 1.54) is 6.07 Å². The van der Waals surface area contributed by atoms with Crippen LogP contribution in [0.4, 0.5) is 22.0 Å². The third kappa shape index (κ3) is 2.14. The fraction of sp³-hybridized carbons (Fsp3) is 0.333. The normalized spacial score (nSPS) is 20.9. The van der Waals surface area contributed by atoms with Gasteiger partial charge in [0.25, 0.3) is 0 Å². The summed E-state index contributed by atoms with van der Waals surface area (Å²) in [5, 5.41) is 0.0192. The average Bonchev–Trinajstić information content (AvgIpc) is 2.66. The van der Waals surface area contributed by atoms with Crippen molar-refractivity contribution >= 4 is 34.8 Å². The van der Waals surface area contributed by atoms with Gasteiger partial charge in [-0.15, -0.1) is 0 Å². The molecule has 1 aliphatic carbocycles. The Hall–Kier alpha value is -1.21. The van der Waals surface area contributed by atoms with E-state index in [1.54, 1.807) is 0 Å². The molecule has 0 N–H and O–H groups in total. The molecule has 9 heteroatoms. The van der Waals surface area contributed by atoms with Crippen molar-refractivity contribution in [2.24, 2.45) is 0 Å². The van der Waals surface area contributed by atoms with Crippen molar-refractivity contribution < 1.29 is 31.5 Å². The highest BCUT2D eigenvalue weighted by Gasteiger charge is 3.01. The molecule has 114 valence electrons. The molecule has 2 nitrogen and oxygen atoms in total. The minimum Gasteiger partial charge on any atom is -0.295 e. The van der Waals surface area contributed by atoms with Crippen LogP contribution in [0, 0.1) is 0 Å². The second-order valence-corrected chi connectivity index (χ2v) is 5.36. The molecule has 0 saturated heterocycles. The summed E-state index contributed by atoms with van der Waals surface area (Å²) in [7, 11) is 0. The number of benzene rings is 1. The Bertz CT molecular complexity index is 610. The summed E-state index contributed by atoms with van der Waals surface area (Å²) in [6.45, 7) is 0. The number of halogens is 7. The summed E-state index contributed by atoms with van der Waals surface area (Å²) >= 11 is 11.2. The summed E-state index contributed by atoms with van der Waals surface area (Å²) in [4.78, 5) is 23.0. The number of carbonyl (C=O) groups is 2. The molecule has 0 radical (unpaired) electrons. The maximum absolute atomic E-state index is 13.4. The standard InChI is InChI=1S/C12H5Cl2F5O2/c13-6-1-5(2-7(14)3-6)8(20)4-9(21)10(15)11(16,17)12(10,18)19/h1-3H,4H2. The maximum atomic E-state index is 13.4. The number of hydrogen-bond donors (Lipinski definition) is 0. The lowest BCUT2D eigenvalue weighted by atomic mass is 10.0. The first-order valence-corrected chi connectivity index (χ1v) is 6.18. The predicted molar refractivity (Wildman–Crippen MR) is 64.1 cm³/mol. The average molecular weight is 347 g/mol. The monoisotopic (exact) mass is 346 g/mol. The number of carbonyl (C=O) groups excluding carboxylic acids is 2. The Morgan fingerprint density at radius 1 is 0.905 bits per heavy atom. The molecule has 0 amide bonds. The zero-order valence-electron chi connectivity index (χ0n) is 9.90. The third-order valence-electron chi connectivity index (χ3n) is 3.09. The summed E-state index contributed by atoms with van der Waals surface area (Å²) < 4.78 is 64.2. The molecule has 1 fully saturated rings. The second-order valence-electron chi connectivity index (χ2n) is 4.49. The Labute approximate surface area is 124 Å². The topological polar surface area (TPSA) is 34.1 Å². The lowest BCUT2D eigenvalue weighted by Gasteiger charge is -2.05. The summed E-state index contributed by atoms with van der Waals surface area (Å²) in [6.07, 6.45) is -1.45. The molecule has 0 atom stereocenters. The summed E-state index contributed by atoms with van der Waals surface area (Å²) in [5.41, 5.74) is -4.91. The largest absolute Gasteiger partial charge is 0.360 e. The molecule has 1 aromatic carbocycles. The van der Waals surface area contributed by atoms with Crippen LogP contribution in [-0.2, 0) is 4.79 Å². The molecule has 0 aromatic heterocycles. The van der Waals surface area contributed by atoms with E-state index in [9.17, 15) is 31.5 Å². The van der Waals surface area contributed by atoms with Gasteiger partial charge in [0.1, 0.15) is 0 Å². The predicted octanol–water partition coefficient (Wildman–Crippen LogP) is 4.13. The summed E-state index contributed by atoms with van der Waals surface area (Å²) in [5.74, 6) is -13.5. The van der Waals surface area contributed by atoms with Gasteiger partial charge >= 0.3 is 17.5 Å². The fourth-order valence-corrected chi connectivity index (χ4v) is 2.35. The highest BCUT2D eigenvalue weighted by Crippen LogP contribution is 2.68. The number of alkyl halides is 5. The SMILES string of the molecule is O=C(CC(=O)C1(F)C(F)(F)C1(F)F)c1cc(Cl)cc(Cl)c1. The number of ketones is 2. The van der Waals surface area contributed by atoms with E-state index in [1.807, 2.05) is 0 Å². The highest BCUT2D eigenvalue weighted by molar-refractivity contribution is 6.35. The van der Waals surface area contributed by atoms with E-state index >= 15 is 0 Å². The number of hydrogen-bond acceptors (Lipinski definition) is 2. The van der Waals surface area contributed by atoms with Crippen LogP contribution < -0.4 is 0 Å². The van der Waals surface area contributed by atoms with E-state index in [4.69, 9.17) is 23.2 Å². The van der Waals surface area contributed by atoms with Gasteiger partial charge < -0.3 is 0 Å². The Kier molecular flexibility index (Phi) is 3.57. The van der Waals surface area contributed by atoms with Crippen LogP contribution in [0.3, 0.4) is 0 Å². The molecule has 1 aromatic rings. The van der Waals surface area contributed by atoms with Gasteiger partial charge in [0, 0.05) is 15.6 Å². The van der Waals surface area contributed by atoms with Crippen molar-refractivity contribution in [3.05, 3.63) is 33.8 Å². The van der Waals surface area contributed by atoms with Crippen molar-refractivity contribution in [1.82, 2.24) is 0 Å².